The molecular formula is C20H18ClN3O3. The van der Waals surface area contributed by atoms with Crippen LogP contribution in [0.25, 0.3) is 11.5 Å². The number of carbonyl (C=O) groups excluding carboxylic acids is 1. The van der Waals surface area contributed by atoms with Crippen molar-refractivity contribution < 1.29 is 14.1 Å². The fourth-order valence-electron chi connectivity index (χ4n) is 3.23. The predicted molar refractivity (Wildman–Crippen MR) is 101 cm³/mol. The first kappa shape index (κ1) is 17.5. The number of nitrogens with zero attached hydrogens (tertiary/aromatic N) is 3. The van der Waals surface area contributed by atoms with Crippen LogP contribution in [0.15, 0.2) is 53.1 Å². The Morgan fingerprint density at radius 3 is 2.93 bits per heavy atom. The molecule has 1 aromatic heterocycles. The third-order valence-electron chi connectivity index (χ3n) is 4.60. The topological polar surface area (TPSA) is 68.5 Å². The van der Waals surface area contributed by atoms with Crippen LogP contribution in [0.2, 0.25) is 5.02 Å². The van der Waals surface area contributed by atoms with Crippen molar-refractivity contribution in [3.63, 3.8) is 0 Å². The Kier molecular flexibility index (Phi) is 4.81. The van der Waals surface area contributed by atoms with Gasteiger partial charge < -0.3 is 14.2 Å². The van der Waals surface area contributed by atoms with Crippen LogP contribution in [0, 0.1) is 0 Å². The highest BCUT2D eigenvalue weighted by Gasteiger charge is 2.33. The number of hydrogen-bond donors (Lipinski definition) is 0. The summed E-state index contributed by atoms with van der Waals surface area (Å²) in [7, 11) is 1.61. The standard InChI is InChI=1S/C20H18ClN3O3/c1-26-17-7-3-5-14(9-17)20-22-19(23-27-20)15-10-18(25)24(12-15)11-13-4-2-6-16(21)8-13/h2-9,15H,10-12H2,1H3. The number of halogens is 1. The van der Waals surface area contributed by atoms with Gasteiger partial charge in [0.05, 0.1) is 7.11 Å². The minimum atomic E-state index is -0.0835. The normalized spacial score (nSPS) is 16.7. The third-order valence-corrected chi connectivity index (χ3v) is 4.84. The fraction of sp³-hybridized carbons (Fsp3) is 0.250. The van der Waals surface area contributed by atoms with Crippen LogP contribution in [0.4, 0.5) is 0 Å². The van der Waals surface area contributed by atoms with Crippen molar-refractivity contribution in [2.45, 2.75) is 18.9 Å². The van der Waals surface area contributed by atoms with Crippen LogP contribution < -0.4 is 4.74 Å². The maximum Gasteiger partial charge on any atom is 0.258 e. The molecule has 0 bridgehead atoms. The molecule has 1 aliphatic heterocycles. The lowest BCUT2D eigenvalue weighted by Crippen LogP contribution is -2.24. The van der Waals surface area contributed by atoms with Gasteiger partial charge in [-0.2, -0.15) is 4.98 Å². The third kappa shape index (κ3) is 3.80. The van der Waals surface area contributed by atoms with Crippen LogP contribution in [0.3, 0.4) is 0 Å². The molecular weight excluding hydrogens is 366 g/mol. The van der Waals surface area contributed by atoms with E-state index in [-0.39, 0.29) is 11.8 Å². The second-order valence-corrected chi connectivity index (χ2v) is 6.93. The summed E-state index contributed by atoms with van der Waals surface area (Å²) in [6.07, 6.45) is 0.373. The molecule has 0 spiro atoms. The van der Waals surface area contributed by atoms with Crippen LogP contribution >= 0.6 is 11.6 Å². The highest BCUT2D eigenvalue weighted by atomic mass is 35.5. The molecule has 6 nitrogen and oxygen atoms in total. The summed E-state index contributed by atoms with van der Waals surface area (Å²) in [5, 5.41) is 4.76. The molecule has 0 radical (unpaired) electrons. The van der Waals surface area contributed by atoms with Crippen LogP contribution in [-0.2, 0) is 11.3 Å². The van der Waals surface area contributed by atoms with E-state index in [1.165, 1.54) is 0 Å². The van der Waals surface area contributed by atoms with E-state index in [0.717, 1.165) is 16.9 Å². The van der Waals surface area contributed by atoms with Crippen molar-refractivity contribution in [2.24, 2.45) is 0 Å². The quantitative estimate of drug-likeness (QED) is 0.668. The van der Waals surface area contributed by atoms with Crippen LogP contribution in [0.1, 0.15) is 23.7 Å². The van der Waals surface area contributed by atoms with Gasteiger partial charge in [0.1, 0.15) is 5.75 Å². The van der Waals surface area contributed by atoms with Gasteiger partial charge in [0, 0.05) is 36.0 Å². The second kappa shape index (κ2) is 7.40. The smallest absolute Gasteiger partial charge is 0.258 e. The van der Waals surface area contributed by atoms with Gasteiger partial charge in [0.15, 0.2) is 5.82 Å². The zero-order chi connectivity index (χ0) is 18.8. The zero-order valence-electron chi connectivity index (χ0n) is 14.8. The average Bonchev–Trinajstić information content (AvgIpc) is 3.29. The molecule has 1 unspecified atom stereocenters. The van der Waals surface area contributed by atoms with Crippen molar-refractivity contribution >= 4 is 17.5 Å². The van der Waals surface area contributed by atoms with E-state index in [0.29, 0.717) is 36.2 Å². The first-order chi connectivity index (χ1) is 13.1. The van der Waals surface area contributed by atoms with Gasteiger partial charge in [0.25, 0.3) is 5.89 Å². The van der Waals surface area contributed by atoms with Gasteiger partial charge in [0.2, 0.25) is 5.91 Å². The Hall–Kier alpha value is -2.86. The number of aromatic nitrogens is 2. The lowest BCUT2D eigenvalue weighted by molar-refractivity contribution is -0.128. The molecule has 4 rings (SSSR count). The summed E-state index contributed by atoms with van der Waals surface area (Å²) < 4.78 is 10.6. The Morgan fingerprint density at radius 2 is 2.11 bits per heavy atom. The number of amides is 1. The van der Waals surface area contributed by atoms with E-state index in [9.17, 15) is 4.79 Å². The predicted octanol–water partition coefficient (Wildman–Crippen LogP) is 3.91. The Balaban J connectivity index is 1.48. The summed E-state index contributed by atoms with van der Waals surface area (Å²) in [5.41, 5.74) is 1.79. The van der Waals surface area contributed by atoms with Crippen molar-refractivity contribution in [1.82, 2.24) is 15.0 Å². The van der Waals surface area contributed by atoms with Gasteiger partial charge >= 0.3 is 0 Å². The number of likely N-dealkylation sites (tertiary alicyclic amines) is 1. The molecule has 1 aliphatic rings. The molecule has 1 saturated heterocycles. The van der Waals surface area contributed by atoms with Gasteiger partial charge in [-0.3, -0.25) is 4.79 Å². The number of rotatable bonds is 5. The minimum absolute atomic E-state index is 0.0766. The van der Waals surface area contributed by atoms with Gasteiger partial charge in [-0.25, -0.2) is 0 Å². The Morgan fingerprint density at radius 1 is 1.26 bits per heavy atom. The van der Waals surface area contributed by atoms with E-state index in [2.05, 4.69) is 10.1 Å². The molecule has 2 heterocycles. The highest BCUT2D eigenvalue weighted by molar-refractivity contribution is 6.30. The van der Waals surface area contributed by atoms with Crippen LogP contribution in [0.5, 0.6) is 5.75 Å². The van der Waals surface area contributed by atoms with E-state index in [1.807, 2.05) is 48.5 Å². The lowest BCUT2D eigenvalue weighted by atomic mass is 10.1. The van der Waals surface area contributed by atoms with Crippen LogP contribution in [-0.4, -0.2) is 34.6 Å². The molecule has 1 fully saturated rings. The molecule has 27 heavy (non-hydrogen) atoms. The number of carbonyl (C=O) groups is 1. The minimum Gasteiger partial charge on any atom is -0.497 e. The SMILES string of the molecule is COc1cccc(-c2nc(C3CC(=O)N(Cc4cccc(Cl)c4)C3)no2)c1. The van der Waals surface area contributed by atoms with Gasteiger partial charge in [-0.15, -0.1) is 0 Å². The summed E-state index contributed by atoms with van der Waals surface area (Å²) in [6.45, 7) is 1.08. The first-order valence-electron chi connectivity index (χ1n) is 8.62. The maximum atomic E-state index is 12.4. The largest absolute Gasteiger partial charge is 0.497 e. The van der Waals surface area contributed by atoms with E-state index in [1.54, 1.807) is 12.0 Å². The monoisotopic (exact) mass is 383 g/mol. The summed E-state index contributed by atoms with van der Waals surface area (Å²) in [6, 6.07) is 15.0. The van der Waals surface area contributed by atoms with Gasteiger partial charge in [-0.1, -0.05) is 35.0 Å². The number of ether oxygens (including phenoxy) is 1. The van der Waals surface area contributed by atoms with E-state index >= 15 is 0 Å². The molecule has 7 heteroatoms. The van der Waals surface area contributed by atoms with E-state index in [4.69, 9.17) is 20.9 Å². The second-order valence-electron chi connectivity index (χ2n) is 6.49. The number of methoxy groups -OCH3 is 1. The molecule has 3 aromatic rings. The van der Waals surface area contributed by atoms with E-state index < -0.39 is 0 Å². The maximum absolute atomic E-state index is 12.4. The molecule has 1 amide bonds. The molecule has 138 valence electrons. The lowest BCUT2D eigenvalue weighted by Gasteiger charge is -2.16. The van der Waals surface area contributed by atoms with Crippen molar-refractivity contribution in [3.8, 4) is 17.2 Å². The number of benzene rings is 2. The van der Waals surface area contributed by atoms with Crippen molar-refractivity contribution in [1.29, 1.82) is 0 Å². The average molecular weight is 384 g/mol. The fourth-order valence-corrected chi connectivity index (χ4v) is 3.44. The molecule has 0 aliphatic carbocycles. The zero-order valence-corrected chi connectivity index (χ0v) is 15.5. The first-order valence-corrected chi connectivity index (χ1v) is 9.00. The Labute approximate surface area is 161 Å². The van der Waals surface area contributed by atoms with Crippen molar-refractivity contribution in [2.75, 3.05) is 13.7 Å². The van der Waals surface area contributed by atoms with Gasteiger partial charge in [-0.05, 0) is 35.9 Å². The summed E-state index contributed by atoms with van der Waals surface area (Å²) in [5.74, 6) is 1.68. The Bertz CT molecular complexity index is 972. The molecule has 0 N–H and O–H groups in total. The van der Waals surface area contributed by atoms with Crippen molar-refractivity contribution in [3.05, 3.63) is 64.9 Å². The molecule has 0 saturated carbocycles. The number of hydrogen-bond acceptors (Lipinski definition) is 5. The summed E-state index contributed by atoms with van der Waals surface area (Å²) >= 11 is 6.03. The summed E-state index contributed by atoms with van der Waals surface area (Å²) in [4.78, 5) is 18.7. The highest BCUT2D eigenvalue weighted by Crippen LogP contribution is 2.30. The molecule has 2 aromatic carbocycles. The molecule has 1 atom stereocenters.